The second-order valence-electron chi connectivity index (χ2n) is 7.07. The quantitative estimate of drug-likeness (QED) is 0.840. The summed E-state index contributed by atoms with van der Waals surface area (Å²) in [6, 6.07) is 11.5. The van der Waals surface area contributed by atoms with E-state index in [9.17, 15) is 4.39 Å². The lowest BCUT2D eigenvalue weighted by atomic mass is 9.90. The normalized spacial score (nSPS) is 20.3. The molecule has 0 aliphatic carbocycles. The van der Waals surface area contributed by atoms with Crippen molar-refractivity contribution in [3.63, 3.8) is 0 Å². The van der Waals surface area contributed by atoms with Gasteiger partial charge in [-0.3, -0.25) is 9.80 Å². The summed E-state index contributed by atoms with van der Waals surface area (Å²) in [4.78, 5) is 5.02. The molecule has 0 saturated carbocycles. The number of rotatable bonds is 4. The van der Waals surface area contributed by atoms with Crippen molar-refractivity contribution in [2.24, 2.45) is 0 Å². The van der Waals surface area contributed by atoms with Crippen LogP contribution < -0.4 is 9.47 Å². The van der Waals surface area contributed by atoms with Crippen molar-refractivity contribution in [2.75, 3.05) is 40.4 Å². The van der Waals surface area contributed by atoms with Gasteiger partial charge in [0.25, 0.3) is 0 Å². The Balaban J connectivity index is 1.57. The zero-order valence-corrected chi connectivity index (χ0v) is 15.4. The fourth-order valence-corrected chi connectivity index (χ4v) is 4.16. The second-order valence-corrected chi connectivity index (χ2v) is 7.07. The van der Waals surface area contributed by atoms with E-state index >= 15 is 0 Å². The van der Waals surface area contributed by atoms with Gasteiger partial charge in [-0.2, -0.15) is 0 Å². The average Bonchev–Trinajstić information content (AvgIpc) is 2.68. The van der Waals surface area contributed by atoms with Crippen LogP contribution in [0.4, 0.5) is 4.39 Å². The number of benzene rings is 2. The third-order valence-electron chi connectivity index (χ3n) is 5.57. The van der Waals surface area contributed by atoms with Crippen LogP contribution in [0.5, 0.6) is 11.5 Å². The van der Waals surface area contributed by atoms with Crippen molar-refractivity contribution >= 4 is 0 Å². The van der Waals surface area contributed by atoms with E-state index in [0.29, 0.717) is 6.04 Å². The number of fused-ring (bicyclic) bond motifs is 3. The molecule has 0 amide bonds. The Labute approximate surface area is 154 Å². The number of methoxy groups -OCH3 is 2. The summed E-state index contributed by atoms with van der Waals surface area (Å²) in [6.07, 6.45) is 1.05. The van der Waals surface area contributed by atoms with Crippen LogP contribution in [0.2, 0.25) is 0 Å². The van der Waals surface area contributed by atoms with Gasteiger partial charge in [-0.25, -0.2) is 4.39 Å². The van der Waals surface area contributed by atoms with Crippen LogP contribution in [0.3, 0.4) is 0 Å². The predicted molar refractivity (Wildman–Crippen MR) is 99.2 cm³/mol. The van der Waals surface area contributed by atoms with Gasteiger partial charge in [0, 0.05) is 38.8 Å². The molecule has 0 spiro atoms. The molecule has 1 fully saturated rings. The molecule has 0 aromatic heterocycles. The number of ether oxygens (including phenoxy) is 2. The molecule has 1 unspecified atom stereocenters. The van der Waals surface area contributed by atoms with Crippen LogP contribution in [0.25, 0.3) is 0 Å². The third-order valence-corrected chi connectivity index (χ3v) is 5.57. The summed E-state index contributed by atoms with van der Waals surface area (Å²) in [5.74, 6) is 1.42. The summed E-state index contributed by atoms with van der Waals surface area (Å²) in [6.45, 7) is 5.00. The first-order chi connectivity index (χ1) is 12.7. The molecule has 2 aromatic carbocycles. The Hall–Kier alpha value is -2.11. The molecular weight excluding hydrogens is 331 g/mol. The van der Waals surface area contributed by atoms with E-state index in [1.807, 2.05) is 12.1 Å². The fraction of sp³-hybridized carbons (Fsp3) is 0.429. The van der Waals surface area contributed by atoms with Crippen molar-refractivity contribution in [3.05, 3.63) is 58.9 Å². The molecule has 138 valence electrons. The summed E-state index contributed by atoms with van der Waals surface area (Å²) in [5, 5.41) is 0. The maximum atomic E-state index is 13.1. The minimum atomic E-state index is -0.180. The minimum Gasteiger partial charge on any atom is -0.493 e. The lowest BCUT2D eigenvalue weighted by Crippen LogP contribution is -2.50. The Morgan fingerprint density at radius 2 is 1.73 bits per heavy atom. The third kappa shape index (κ3) is 3.29. The van der Waals surface area contributed by atoms with Crippen molar-refractivity contribution in [2.45, 2.75) is 19.0 Å². The highest BCUT2D eigenvalue weighted by Gasteiger charge is 2.33. The topological polar surface area (TPSA) is 24.9 Å². The Morgan fingerprint density at radius 3 is 2.46 bits per heavy atom. The molecule has 2 aromatic rings. The molecule has 5 heteroatoms. The van der Waals surface area contributed by atoms with Gasteiger partial charge in [0.1, 0.15) is 5.82 Å². The van der Waals surface area contributed by atoms with Gasteiger partial charge in [-0.05, 0) is 47.4 Å². The van der Waals surface area contributed by atoms with E-state index in [1.165, 1.54) is 11.1 Å². The molecule has 0 radical (unpaired) electrons. The zero-order chi connectivity index (χ0) is 18.1. The number of nitrogens with zero attached hydrogens (tertiary/aromatic N) is 2. The highest BCUT2D eigenvalue weighted by atomic mass is 19.1. The molecule has 2 aliphatic heterocycles. The second kappa shape index (κ2) is 7.25. The molecule has 26 heavy (non-hydrogen) atoms. The number of hydrogen-bond donors (Lipinski definition) is 0. The molecule has 0 N–H and O–H groups in total. The van der Waals surface area contributed by atoms with E-state index < -0.39 is 0 Å². The largest absolute Gasteiger partial charge is 0.493 e. The number of halogens is 1. The number of hydrogen-bond acceptors (Lipinski definition) is 4. The summed E-state index contributed by atoms with van der Waals surface area (Å²) >= 11 is 0. The van der Waals surface area contributed by atoms with Crippen molar-refractivity contribution < 1.29 is 13.9 Å². The average molecular weight is 356 g/mol. The Morgan fingerprint density at radius 1 is 1.00 bits per heavy atom. The maximum absolute atomic E-state index is 13.1. The molecule has 2 aliphatic rings. The first-order valence-corrected chi connectivity index (χ1v) is 9.13. The van der Waals surface area contributed by atoms with Crippen LogP contribution in [-0.2, 0) is 13.0 Å². The van der Waals surface area contributed by atoms with Gasteiger partial charge in [-0.15, -0.1) is 0 Å². The van der Waals surface area contributed by atoms with Gasteiger partial charge in [-0.1, -0.05) is 12.1 Å². The summed E-state index contributed by atoms with van der Waals surface area (Å²) in [7, 11) is 3.37. The molecule has 0 bridgehead atoms. The predicted octanol–water partition coefficient (Wildman–Crippen LogP) is 3.26. The lowest BCUT2D eigenvalue weighted by Gasteiger charge is -2.45. The minimum absolute atomic E-state index is 0.180. The smallest absolute Gasteiger partial charge is 0.161 e. The first-order valence-electron chi connectivity index (χ1n) is 9.13. The molecule has 4 rings (SSSR count). The molecule has 4 nitrogen and oxygen atoms in total. The molecule has 1 atom stereocenters. The molecular formula is C21H25FN2O2. The van der Waals surface area contributed by atoms with E-state index in [-0.39, 0.29) is 5.82 Å². The highest BCUT2D eigenvalue weighted by Crippen LogP contribution is 2.39. The maximum Gasteiger partial charge on any atom is 0.161 e. The monoisotopic (exact) mass is 356 g/mol. The van der Waals surface area contributed by atoms with Crippen LogP contribution in [0.1, 0.15) is 22.7 Å². The SMILES string of the molecule is COc1cc2c(cc1OC)C1CN(Cc3ccc(F)cc3)CCN1CC2. The van der Waals surface area contributed by atoms with Gasteiger partial charge >= 0.3 is 0 Å². The van der Waals surface area contributed by atoms with Gasteiger partial charge in [0.05, 0.1) is 14.2 Å². The highest BCUT2D eigenvalue weighted by molar-refractivity contribution is 5.49. The first kappa shape index (κ1) is 17.3. The van der Waals surface area contributed by atoms with Crippen molar-refractivity contribution in [3.8, 4) is 11.5 Å². The summed E-state index contributed by atoms with van der Waals surface area (Å²) in [5.41, 5.74) is 3.86. The Kier molecular flexibility index (Phi) is 4.83. The van der Waals surface area contributed by atoms with E-state index in [2.05, 4.69) is 21.9 Å². The molecule has 1 saturated heterocycles. The molecule has 2 heterocycles. The van der Waals surface area contributed by atoms with Gasteiger partial charge in [0.15, 0.2) is 11.5 Å². The number of piperazine rings is 1. The van der Waals surface area contributed by atoms with Crippen LogP contribution in [-0.4, -0.2) is 50.2 Å². The van der Waals surface area contributed by atoms with Crippen molar-refractivity contribution in [1.82, 2.24) is 9.80 Å². The van der Waals surface area contributed by atoms with E-state index in [4.69, 9.17) is 9.47 Å². The van der Waals surface area contributed by atoms with Gasteiger partial charge in [0.2, 0.25) is 0 Å². The van der Waals surface area contributed by atoms with E-state index in [0.717, 1.165) is 56.2 Å². The Bertz CT molecular complexity index is 778. The van der Waals surface area contributed by atoms with Crippen LogP contribution >= 0.6 is 0 Å². The fourth-order valence-electron chi connectivity index (χ4n) is 4.16. The summed E-state index contributed by atoms with van der Waals surface area (Å²) < 4.78 is 24.1. The zero-order valence-electron chi connectivity index (χ0n) is 15.4. The van der Waals surface area contributed by atoms with E-state index in [1.54, 1.807) is 26.4 Å². The van der Waals surface area contributed by atoms with Gasteiger partial charge < -0.3 is 9.47 Å². The standard InChI is InChI=1S/C21H25FN2O2/c1-25-20-11-16-7-8-24-10-9-23(13-15-3-5-17(22)6-4-15)14-19(24)18(16)12-21(20)26-2/h3-6,11-12,19H,7-10,13-14H2,1-2H3. The van der Waals surface area contributed by atoms with Crippen LogP contribution in [0, 0.1) is 5.82 Å². The van der Waals surface area contributed by atoms with Crippen LogP contribution in [0.15, 0.2) is 36.4 Å². The van der Waals surface area contributed by atoms with Crippen molar-refractivity contribution in [1.29, 1.82) is 0 Å². The lowest BCUT2D eigenvalue weighted by molar-refractivity contribution is 0.0627.